The Morgan fingerprint density at radius 3 is 2.21 bits per heavy atom. The molecule has 0 saturated carbocycles. The van der Waals surface area contributed by atoms with E-state index in [1.807, 2.05) is 0 Å². The predicted octanol–water partition coefficient (Wildman–Crippen LogP) is 1.72. The molecular formula is C9H8ClF4N5. The number of halogens is 5. The number of nitrogens with zero attached hydrogens (tertiary/aromatic N) is 2. The molecule has 1 rings (SSSR count). The highest BCUT2D eigenvalue weighted by Gasteiger charge is 2.32. The van der Waals surface area contributed by atoms with Crippen LogP contribution in [-0.2, 0) is 6.18 Å². The average molecular weight is 298 g/mol. The number of alkyl halides is 3. The Morgan fingerprint density at radius 2 is 1.74 bits per heavy atom. The number of hydrogen-bond acceptors (Lipinski definition) is 1. The minimum absolute atomic E-state index is 0.437. The molecule has 0 unspecified atom stereocenters. The summed E-state index contributed by atoms with van der Waals surface area (Å²) in [6.45, 7) is 0. The van der Waals surface area contributed by atoms with Gasteiger partial charge in [-0.1, -0.05) is 11.6 Å². The molecule has 0 spiro atoms. The van der Waals surface area contributed by atoms with Crippen molar-refractivity contribution in [2.24, 2.45) is 27.2 Å². The maximum atomic E-state index is 13.5. The predicted molar refractivity (Wildman–Crippen MR) is 63.5 cm³/mol. The number of nitrogens with two attached hydrogens (primary N) is 3. The van der Waals surface area contributed by atoms with Gasteiger partial charge >= 0.3 is 6.18 Å². The molecule has 0 atom stereocenters. The van der Waals surface area contributed by atoms with E-state index in [1.165, 1.54) is 0 Å². The van der Waals surface area contributed by atoms with E-state index in [2.05, 4.69) is 9.98 Å². The van der Waals surface area contributed by atoms with Crippen LogP contribution in [0.25, 0.3) is 0 Å². The van der Waals surface area contributed by atoms with E-state index >= 15 is 0 Å². The van der Waals surface area contributed by atoms with Crippen LogP contribution in [-0.4, -0.2) is 11.9 Å². The van der Waals surface area contributed by atoms with Crippen LogP contribution < -0.4 is 17.2 Å². The first-order chi connectivity index (χ1) is 8.61. The summed E-state index contributed by atoms with van der Waals surface area (Å²) in [5, 5.41) is -0.744. The Bertz CT molecular complexity index is 548. The molecule has 0 bridgehead atoms. The molecule has 0 heterocycles. The lowest BCUT2D eigenvalue weighted by Crippen LogP contribution is -2.26. The second-order valence-corrected chi connectivity index (χ2v) is 3.70. The van der Waals surface area contributed by atoms with Crippen LogP contribution in [0.5, 0.6) is 0 Å². The zero-order valence-corrected chi connectivity index (χ0v) is 9.93. The Kier molecular flexibility index (Phi) is 4.20. The SMILES string of the molecule is NC(N)=NC(N)=Nc1cc(C(F)(F)F)cc(Cl)c1F. The van der Waals surface area contributed by atoms with E-state index in [4.69, 9.17) is 28.8 Å². The van der Waals surface area contributed by atoms with Crippen LogP contribution in [0.1, 0.15) is 5.56 Å². The van der Waals surface area contributed by atoms with E-state index in [1.54, 1.807) is 0 Å². The fourth-order valence-electron chi connectivity index (χ4n) is 1.10. The summed E-state index contributed by atoms with van der Waals surface area (Å²) < 4.78 is 51.0. The molecule has 5 nitrogen and oxygen atoms in total. The molecule has 0 amide bonds. The van der Waals surface area contributed by atoms with Crippen molar-refractivity contribution in [1.29, 1.82) is 0 Å². The zero-order valence-electron chi connectivity index (χ0n) is 9.17. The van der Waals surface area contributed by atoms with Gasteiger partial charge in [-0.25, -0.2) is 9.38 Å². The number of benzene rings is 1. The summed E-state index contributed by atoms with van der Waals surface area (Å²) in [5.41, 5.74) is 13.3. The molecule has 0 aliphatic rings. The smallest absolute Gasteiger partial charge is 0.370 e. The maximum Gasteiger partial charge on any atom is 0.416 e. The first-order valence-electron chi connectivity index (χ1n) is 4.61. The van der Waals surface area contributed by atoms with Gasteiger partial charge in [0.25, 0.3) is 0 Å². The minimum atomic E-state index is -4.70. The lowest BCUT2D eigenvalue weighted by Gasteiger charge is -2.09. The van der Waals surface area contributed by atoms with Crippen LogP contribution in [0, 0.1) is 5.82 Å². The molecule has 104 valence electrons. The minimum Gasteiger partial charge on any atom is -0.370 e. The third-order valence-electron chi connectivity index (χ3n) is 1.81. The Balaban J connectivity index is 3.36. The van der Waals surface area contributed by atoms with Crippen LogP contribution in [0.15, 0.2) is 22.1 Å². The molecule has 19 heavy (non-hydrogen) atoms. The van der Waals surface area contributed by atoms with Crippen molar-refractivity contribution < 1.29 is 17.6 Å². The molecule has 6 N–H and O–H groups in total. The van der Waals surface area contributed by atoms with Crippen LogP contribution >= 0.6 is 11.6 Å². The van der Waals surface area contributed by atoms with Gasteiger partial charge in [0, 0.05) is 0 Å². The fraction of sp³-hybridized carbons (Fsp3) is 0.111. The van der Waals surface area contributed by atoms with Crippen molar-refractivity contribution in [3.05, 3.63) is 28.5 Å². The van der Waals surface area contributed by atoms with Crippen molar-refractivity contribution in [1.82, 2.24) is 0 Å². The molecule has 0 aliphatic carbocycles. The standard InChI is InChI=1S/C9H8ClF4N5/c10-4-1-3(9(12,13)14)2-5(6(4)11)18-8(17)19-7(15)16/h1-2H,(H6,15,16,17,18,19). The summed E-state index contributed by atoms with van der Waals surface area (Å²) in [6, 6.07) is 0.878. The first kappa shape index (κ1) is 15.0. The van der Waals surface area contributed by atoms with Gasteiger partial charge in [0.2, 0.25) is 5.96 Å². The van der Waals surface area contributed by atoms with Gasteiger partial charge in [0.05, 0.1) is 10.6 Å². The van der Waals surface area contributed by atoms with Crippen LogP contribution in [0.2, 0.25) is 5.02 Å². The Labute approximate surface area is 109 Å². The van der Waals surface area contributed by atoms with Crippen molar-refractivity contribution >= 4 is 29.2 Å². The Morgan fingerprint density at radius 1 is 1.16 bits per heavy atom. The molecule has 0 saturated heterocycles. The van der Waals surface area contributed by atoms with E-state index in [9.17, 15) is 17.6 Å². The van der Waals surface area contributed by atoms with Gasteiger partial charge in [-0.05, 0) is 12.1 Å². The third kappa shape index (κ3) is 3.98. The van der Waals surface area contributed by atoms with Crippen LogP contribution in [0.3, 0.4) is 0 Å². The van der Waals surface area contributed by atoms with Gasteiger partial charge in [-0.3, -0.25) is 0 Å². The number of guanidine groups is 2. The summed E-state index contributed by atoms with van der Waals surface area (Å²) in [7, 11) is 0. The maximum absolute atomic E-state index is 13.5. The topological polar surface area (TPSA) is 103 Å². The van der Waals surface area contributed by atoms with Gasteiger partial charge in [0.15, 0.2) is 11.8 Å². The normalized spacial score (nSPS) is 12.4. The molecule has 10 heteroatoms. The number of rotatable bonds is 1. The summed E-state index contributed by atoms with van der Waals surface area (Å²) >= 11 is 5.34. The number of aliphatic imine (C=N–C) groups is 2. The quantitative estimate of drug-likeness (QED) is 0.418. The van der Waals surface area contributed by atoms with E-state index in [0.717, 1.165) is 0 Å². The second-order valence-electron chi connectivity index (χ2n) is 3.30. The zero-order chi connectivity index (χ0) is 14.8. The molecule has 0 fully saturated rings. The third-order valence-corrected chi connectivity index (χ3v) is 2.09. The Hall–Kier alpha value is -2.03. The molecule has 0 radical (unpaired) electrons. The highest BCUT2D eigenvalue weighted by atomic mass is 35.5. The monoisotopic (exact) mass is 297 g/mol. The van der Waals surface area contributed by atoms with E-state index in [-0.39, 0.29) is 0 Å². The first-order valence-corrected chi connectivity index (χ1v) is 4.99. The summed E-state index contributed by atoms with van der Waals surface area (Å²) in [5.74, 6) is -2.24. The lowest BCUT2D eigenvalue weighted by atomic mass is 10.2. The van der Waals surface area contributed by atoms with Gasteiger partial charge in [-0.15, -0.1) is 0 Å². The molecule has 0 aromatic heterocycles. The highest BCUT2D eigenvalue weighted by molar-refractivity contribution is 6.31. The summed E-state index contributed by atoms with van der Waals surface area (Å²) in [6.07, 6.45) is -4.70. The lowest BCUT2D eigenvalue weighted by molar-refractivity contribution is -0.137. The molecular weight excluding hydrogens is 290 g/mol. The van der Waals surface area contributed by atoms with Crippen molar-refractivity contribution in [2.45, 2.75) is 6.18 Å². The largest absolute Gasteiger partial charge is 0.416 e. The van der Waals surface area contributed by atoms with Gasteiger partial charge in [0.1, 0.15) is 5.69 Å². The molecule has 1 aromatic rings. The van der Waals surface area contributed by atoms with Crippen molar-refractivity contribution in [2.75, 3.05) is 0 Å². The number of hydrogen-bond donors (Lipinski definition) is 3. The van der Waals surface area contributed by atoms with Gasteiger partial charge < -0.3 is 17.2 Å². The molecule has 1 aromatic carbocycles. The summed E-state index contributed by atoms with van der Waals surface area (Å²) in [4.78, 5) is 6.57. The fourth-order valence-corrected chi connectivity index (χ4v) is 1.31. The van der Waals surface area contributed by atoms with E-state index < -0.39 is 40.2 Å². The van der Waals surface area contributed by atoms with E-state index in [0.29, 0.717) is 12.1 Å². The van der Waals surface area contributed by atoms with Crippen molar-refractivity contribution in [3.8, 4) is 0 Å². The highest BCUT2D eigenvalue weighted by Crippen LogP contribution is 2.36. The van der Waals surface area contributed by atoms with Gasteiger partial charge in [-0.2, -0.15) is 18.2 Å². The second kappa shape index (κ2) is 5.31. The average Bonchev–Trinajstić information content (AvgIpc) is 2.21. The molecule has 0 aliphatic heterocycles. The van der Waals surface area contributed by atoms with Crippen molar-refractivity contribution in [3.63, 3.8) is 0 Å². The van der Waals surface area contributed by atoms with Crippen LogP contribution in [0.4, 0.5) is 23.2 Å².